The molecule has 4 rings (SSSR count). The number of carbonyl (C=O) groups excluding carboxylic acids is 1. The van der Waals surface area contributed by atoms with Crippen molar-refractivity contribution < 1.29 is 14.3 Å². The van der Waals surface area contributed by atoms with Crippen molar-refractivity contribution >= 4 is 17.5 Å². The number of fused-ring (bicyclic) bond motifs is 1. The van der Waals surface area contributed by atoms with Gasteiger partial charge < -0.3 is 19.3 Å². The number of piperazine rings is 1. The molecule has 148 valence electrons. The average molecular weight is 383 g/mol. The van der Waals surface area contributed by atoms with Crippen LogP contribution in [0.25, 0.3) is 0 Å². The van der Waals surface area contributed by atoms with E-state index in [1.54, 1.807) is 19.4 Å². The predicted molar refractivity (Wildman–Crippen MR) is 106 cm³/mol. The highest BCUT2D eigenvalue weighted by molar-refractivity contribution is 5.90. The van der Waals surface area contributed by atoms with E-state index in [4.69, 9.17) is 9.47 Å². The van der Waals surface area contributed by atoms with Crippen LogP contribution in [0.4, 0.5) is 11.6 Å². The summed E-state index contributed by atoms with van der Waals surface area (Å²) in [6, 6.07) is 6.46. The molecule has 1 atom stereocenters. The number of nitrogens with zero attached hydrogens (tertiary/aromatic N) is 5. The van der Waals surface area contributed by atoms with Gasteiger partial charge in [-0.15, -0.1) is 0 Å². The maximum Gasteiger partial charge on any atom is 0.231 e. The Kier molecular flexibility index (Phi) is 5.04. The van der Waals surface area contributed by atoms with Crippen molar-refractivity contribution in [1.82, 2.24) is 14.9 Å². The molecular formula is C20H25N5O3. The predicted octanol–water partition coefficient (Wildman–Crippen LogP) is 2.07. The zero-order valence-corrected chi connectivity index (χ0v) is 16.5. The fraction of sp³-hybridized carbons (Fsp3) is 0.450. The van der Waals surface area contributed by atoms with Gasteiger partial charge >= 0.3 is 0 Å². The molecule has 1 aromatic heterocycles. The van der Waals surface area contributed by atoms with E-state index in [9.17, 15) is 4.79 Å². The molecule has 0 spiro atoms. The van der Waals surface area contributed by atoms with Crippen molar-refractivity contribution in [3.63, 3.8) is 0 Å². The van der Waals surface area contributed by atoms with Crippen LogP contribution in [0.3, 0.4) is 0 Å². The van der Waals surface area contributed by atoms with Crippen molar-refractivity contribution in [2.24, 2.45) is 0 Å². The normalized spacial score (nSPS) is 17.5. The van der Waals surface area contributed by atoms with Gasteiger partial charge in [-0.1, -0.05) is 6.07 Å². The monoisotopic (exact) mass is 383 g/mol. The van der Waals surface area contributed by atoms with Gasteiger partial charge in [0.2, 0.25) is 18.6 Å². The van der Waals surface area contributed by atoms with Crippen LogP contribution in [-0.2, 0) is 4.79 Å². The molecule has 0 aliphatic carbocycles. The number of hydrogen-bond acceptors (Lipinski definition) is 7. The molecule has 8 heteroatoms. The Morgan fingerprint density at radius 2 is 1.79 bits per heavy atom. The lowest BCUT2D eigenvalue weighted by Crippen LogP contribution is -2.47. The Morgan fingerprint density at radius 1 is 1.11 bits per heavy atom. The van der Waals surface area contributed by atoms with E-state index in [0.29, 0.717) is 24.5 Å². The molecule has 2 aliphatic rings. The molecule has 0 unspecified atom stereocenters. The summed E-state index contributed by atoms with van der Waals surface area (Å²) in [6.07, 6.45) is 3.40. The van der Waals surface area contributed by atoms with Crippen LogP contribution in [0.1, 0.15) is 25.5 Å². The molecule has 2 aliphatic heterocycles. The first-order chi connectivity index (χ1) is 13.5. The van der Waals surface area contributed by atoms with Crippen LogP contribution in [0.5, 0.6) is 11.5 Å². The summed E-state index contributed by atoms with van der Waals surface area (Å²) >= 11 is 0. The van der Waals surface area contributed by atoms with Gasteiger partial charge in [0.1, 0.15) is 0 Å². The number of rotatable bonds is 4. The van der Waals surface area contributed by atoms with Gasteiger partial charge in [0, 0.05) is 46.2 Å². The summed E-state index contributed by atoms with van der Waals surface area (Å²) in [6.45, 7) is 7.60. The van der Waals surface area contributed by atoms with Gasteiger partial charge in [-0.25, -0.2) is 9.97 Å². The van der Waals surface area contributed by atoms with Crippen LogP contribution in [0.15, 0.2) is 30.6 Å². The first-order valence-electron chi connectivity index (χ1n) is 9.48. The van der Waals surface area contributed by atoms with Crippen molar-refractivity contribution in [2.45, 2.75) is 19.9 Å². The maximum absolute atomic E-state index is 11.4. The number of anilines is 2. The second-order valence-electron chi connectivity index (χ2n) is 7.13. The van der Waals surface area contributed by atoms with Gasteiger partial charge in [0.25, 0.3) is 0 Å². The zero-order chi connectivity index (χ0) is 19.7. The number of carbonyl (C=O) groups is 1. The minimum absolute atomic E-state index is 0.0394. The second-order valence-corrected chi connectivity index (χ2v) is 7.13. The van der Waals surface area contributed by atoms with Gasteiger partial charge in [-0.2, -0.15) is 0 Å². The van der Waals surface area contributed by atoms with Crippen molar-refractivity contribution in [3.8, 4) is 11.5 Å². The summed E-state index contributed by atoms with van der Waals surface area (Å²) in [5.41, 5.74) is 1.93. The third kappa shape index (κ3) is 3.60. The maximum atomic E-state index is 11.4. The first kappa shape index (κ1) is 18.5. The lowest BCUT2D eigenvalue weighted by molar-refractivity contribution is -0.116. The number of aromatic nitrogens is 2. The molecule has 1 saturated heterocycles. The standard InChI is InChI=1S/C20H25N5O3/c1-14(16-4-5-18-19(10-16)28-13-27-18)24-6-8-25(9-7-24)20-21-11-17(12-22-20)23(3)15(2)26/h4-5,10-12,14H,6-9,13H2,1-3H3/t14-/m1/s1. The molecule has 1 aromatic carbocycles. The largest absolute Gasteiger partial charge is 0.454 e. The Bertz CT molecular complexity index is 849. The van der Waals surface area contributed by atoms with Gasteiger partial charge in [-0.05, 0) is 24.6 Å². The van der Waals surface area contributed by atoms with Gasteiger partial charge in [0.15, 0.2) is 11.5 Å². The molecule has 3 heterocycles. The molecule has 8 nitrogen and oxygen atoms in total. The van der Waals surface area contributed by atoms with E-state index in [-0.39, 0.29) is 5.91 Å². The van der Waals surface area contributed by atoms with E-state index in [2.05, 4.69) is 38.8 Å². The molecule has 28 heavy (non-hydrogen) atoms. The summed E-state index contributed by atoms with van der Waals surface area (Å²) in [4.78, 5) is 26.5. The smallest absolute Gasteiger partial charge is 0.231 e. The fourth-order valence-electron chi connectivity index (χ4n) is 3.53. The van der Waals surface area contributed by atoms with E-state index in [0.717, 1.165) is 37.7 Å². The quantitative estimate of drug-likeness (QED) is 0.800. The Balaban J connectivity index is 1.37. The number of ether oxygens (including phenoxy) is 2. The van der Waals surface area contributed by atoms with Crippen LogP contribution in [0.2, 0.25) is 0 Å². The van der Waals surface area contributed by atoms with Crippen LogP contribution in [0, 0.1) is 0 Å². The van der Waals surface area contributed by atoms with E-state index in [1.807, 2.05) is 6.07 Å². The zero-order valence-electron chi connectivity index (χ0n) is 16.5. The lowest BCUT2D eigenvalue weighted by Gasteiger charge is -2.38. The minimum atomic E-state index is -0.0394. The van der Waals surface area contributed by atoms with Crippen molar-refractivity contribution in [3.05, 3.63) is 36.2 Å². The molecular weight excluding hydrogens is 358 g/mol. The number of benzene rings is 1. The third-order valence-corrected chi connectivity index (χ3v) is 5.51. The fourth-order valence-corrected chi connectivity index (χ4v) is 3.53. The van der Waals surface area contributed by atoms with Gasteiger partial charge in [0.05, 0.1) is 18.1 Å². The highest BCUT2D eigenvalue weighted by atomic mass is 16.7. The molecule has 2 aromatic rings. The average Bonchev–Trinajstić information content (AvgIpc) is 3.21. The highest BCUT2D eigenvalue weighted by Gasteiger charge is 2.25. The second kappa shape index (κ2) is 7.63. The van der Waals surface area contributed by atoms with E-state index in [1.165, 1.54) is 17.4 Å². The first-order valence-corrected chi connectivity index (χ1v) is 9.48. The van der Waals surface area contributed by atoms with Crippen LogP contribution < -0.4 is 19.3 Å². The molecule has 0 bridgehead atoms. The third-order valence-electron chi connectivity index (χ3n) is 5.51. The Morgan fingerprint density at radius 3 is 2.46 bits per heavy atom. The summed E-state index contributed by atoms with van der Waals surface area (Å²) in [5.74, 6) is 2.31. The SMILES string of the molecule is CC(=O)N(C)c1cnc(N2CCN([C@H](C)c3ccc4c(c3)OCO4)CC2)nc1. The molecule has 1 amide bonds. The topological polar surface area (TPSA) is 71.0 Å². The van der Waals surface area contributed by atoms with E-state index < -0.39 is 0 Å². The van der Waals surface area contributed by atoms with Crippen molar-refractivity contribution in [1.29, 1.82) is 0 Å². The lowest BCUT2D eigenvalue weighted by atomic mass is 10.1. The molecule has 0 N–H and O–H groups in total. The Labute approximate surface area is 164 Å². The Hall–Kier alpha value is -2.87. The van der Waals surface area contributed by atoms with E-state index >= 15 is 0 Å². The highest BCUT2D eigenvalue weighted by Crippen LogP contribution is 2.35. The van der Waals surface area contributed by atoms with Crippen molar-refractivity contribution in [2.75, 3.05) is 49.8 Å². The number of amides is 1. The minimum Gasteiger partial charge on any atom is -0.454 e. The summed E-state index contributed by atoms with van der Waals surface area (Å²) in [5, 5.41) is 0. The number of hydrogen-bond donors (Lipinski definition) is 0. The van der Waals surface area contributed by atoms with Crippen LogP contribution >= 0.6 is 0 Å². The summed E-state index contributed by atoms with van der Waals surface area (Å²) in [7, 11) is 1.72. The molecule has 0 saturated carbocycles. The van der Waals surface area contributed by atoms with Gasteiger partial charge in [-0.3, -0.25) is 9.69 Å². The summed E-state index contributed by atoms with van der Waals surface area (Å²) < 4.78 is 10.9. The molecule has 0 radical (unpaired) electrons. The van der Waals surface area contributed by atoms with Crippen LogP contribution in [-0.4, -0.2) is 60.8 Å². The molecule has 1 fully saturated rings.